The van der Waals surface area contributed by atoms with E-state index in [9.17, 15) is 4.79 Å². The van der Waals surface area contributed by atoms with Crippen molar-refractivity contribution in [3.8, 4) is 0 Å². The number of hydrogen-bond donors (Lipinski definition) is 1. The lowest BCUT2D eigenvalue weighted by Crippen LogP contribution is -2.36. The molecule has 2 heterocycles. The zero-order valence-corrected chi connectivity index (χ0v) is 15.8. The van der Waals surface area contributed by atoms with Gasteiger partial charge in [-0.3, -0.25) is 4.79 Å². The molecule has 1 fully saturated rings. The van der Waals surface area contributed by atoms with Gasteiger partial charge in [-0.2, -0.15) is 0 Å². The van der Waals surface area contributed by atoms with E-state index in [1.54, 1.807) is 11.3 Å². The molecule has 2 aromatic carbocycles. The molecule has 1 amide bonds. The van der Waals surface area contributed by atoms with Gasteiger partial charge in [0.25, 0.3) is 5.91 Å². The van der Waals surface area contributed by atoms with Gasteiger partial charge in [-0.05, 0) is 60.7 Å². The highest BCUT2D eigenvalue weighted by Crippen LogP contribution is 2.31. The van der Waals surface area contributed by atoms with Crippen molar-refractivity contribution in [3.63, 3.8) is 0 Å². The number of benzene rings is 2. The molecule has 138 valence electrons. The Labute approximate surface area is 162 Å². The number of ether oxygens (including phenoxy) is 1. The van der Waals surface area contributed by atoms with E-state index in [0.717, 1.165) is 65.7 Å². The molecule has 1 aliphatic heterocycles. The van der Waals surface area contributed by atoms with Gasteiger partial charge < -0.3 is 15.0 Å². The number of nitrogens with zero attached hydrogens (tertiary/aromatic N) is 2. The number of anilines is 2. The third kappa shape index (κ3) is 3.31. The summed E-state index contributed by atoms with van der Waals surface area (Å²) in [4.78, 5) is 19.6. The lowest BCUT2D eigenvalue weighted by molar-refractivity contribution is 0.102. The third-order valence-corrected chi connectivity index (χ3v) is 6.36. The van der Waals surface area contributed by atoms with Gasteiger partial charge in [0.2, 0.25) is 0 Å². The van der Waals surface area contributed by atoms with Gasteiger partial charge in [-0.15, -0.1) is 0 Å². The number of rotatable bonds is 3. The second kappa shape index (κ2) is 6.94. The van der Waals surface area contributed by atoms with Crippen molar-refractivity contribution in [2.45, 2.75) is 19.3 Å². The number of carbonyl (C=O) groups excluding carboxylic acids is 1. The van der Waals surface area contributed by atoms with Crippen molar-refractivity contribution in [2.75, 3.05) is 36.5 Å². The first-order valence-corrected chi connectivity index (χ1v) is 10.2. The van der Waals surface area contributed by atoms with E-state index < -0.39 is 0 Å². The summed E-state index contributed by atoms with van der Waals surface area (Å²) in [6.45, 7) is 3.25. The fourth-order valence-electron chi connectivity index (χ4n) is 3.80. The van der Waals surface area contributed by atoms with Crippen LogP contribution in [0, 0.1) is 0 Å². The monoisotopic (exact) mass is 379 g/mol. The molecule has 1 aliphatic carbocycles. The van der Waals surface area contributed by atoms with E-state index in [-0.39, 0.29) is 5.91 Å². The quantitative estimate of drug-likeness (QED) is 0.750. The minimum absolute atomic E-state index is 0.0537. The first kappa shape index (κ1) is 16.7. The predicted octanol–water partition coefficient (Wildman–Crippen LogP) is 3.87. The van der Waals surface area contributed by atoms with Crippen LogP contribution in [-0.2, 0) is 17.6 Å². The molecule has 3 aromatic rings. The van der Waals surface area contributed by atoms with E-state index in [0.29, 0.717) is 0 Å². The molecule has 5 nitrogen and oxygen atoms in total. The maximum Gasteiger partial charge on any atom is 0.255 e. The van der Waals surface area contributed by atoms with Crippen LogP contribution >= 0.6 is 11.3 Å². The lowest BCUT2D eigenvalue weighted by atomic mass is 10.1. The van der Waals surface area contributed by atoms with Crippen LogP contribution in [0.4, 0.5) is 10.8 Å². The topological polar surface area (TPSA) is 54.5 Å². The molecule has 0 atom stereocenters. The van der Waals surface area contributed by atoms with Crippen LogP contribution in [-0.4, -0.2) is 37.2 Å². The zero-order chi connectivity index (χ0) is 18.2. The molecule has 2 aliphatic rings. The van der Waals surface area contributed by atoms with Crippen molar-refractivity contribution in [1.29, 1.82) is 0 Å². The average Bonchev–Trinajstić information content (AvgIpc) is 3.34. The second-order valence-electron chi connectivity index (χ2n) is 7.07. The molecule has 0 unspecified atom stereocenters. The van der Waals surface area contributed by atoms with Gasteiger partial charge in [0.1, 0.15) is 0 Å². The summed E-state index contributed by atoms with van der Waals surface area (Å²) >= 11 is 1.67. The number of fused-ring (bicyclic) bond motifs is 2. The van der Waals surface area contributed by atoms with Gasteiger partial charge in [-0.25, -0.2) is 4.98 Å². The maximum absolute atomic E-state index is 12.7. The minimum Gasteiger partial charge on any atom is -0.378 e. The number of aryl methyl sites for hydroxylation is 2. The Morgan fingerprint density at radius 2 is 1.93 bits per heavy atom. The normalized spacial score (nSPS) is 16.5. The summed E-state index contributed by atoms with van der Waals surface area (Å²) in [5.74, 6) is -0.0537. The molecule has 5 rings (SSSR count). The third-order valence-electron chi connectivity index (χ3n) is 5.28. The fraction of sp³-hybridized carbons (Fsp3) is 0.333. The number of nitrogens with one attached hydrogen (secondary N) is 1. The van der Waals surface area contributed by atoms with Crippen LogP contribution in [0.2, 0.25) is 0 Å². The van der Waals surface area contributed by atoms with E-state index in [4.69, 9.17) is 9.72 Å². The Balaban J connectivity index is 1.36. The minimum atomic E-state index is -0.0537. The molecule has 27 heavy (non-hydrogen) atoms. The Bertz CT molecular complexity index is 1010. The fourth-order valence-corrected chi connectivity index (χ4v) is 4.85. The molecule has 0 saturated carbocycles. The first-order valence-electron chi connectivity index (χ1n) is 9.43. The van der Waals surface area contributed by atoms with E-state index >= 15 is 0 Å². The maximum atomic E-state index is 12.7. The Hall–Kier alpha value is -2.44. The molecule has 6 heteroatoms. The molecular formula is C21H21N3O2S. The molecule has 1 N–H and O–H groups in total. The van der Waals surface area contributed by atoms with Crippen LogP contribution < -0.4 is 10.2 Å². The number of morpholine rings is 1. The van der Waals surface area contributed by atoms with Crippen LogP contribution in [0.15, 0.2) is 36.4 Å². The van der Waals surface area contributed by atoms with Crippen molar-refractivity contribution in [1.82, 2.24) is 4.98 Å². The van der Waals surface area contributed by atoms with Crippen molar-refractivity contribution < 1.29 is 9.53 Å². The van der Waals surface area contributed by atoms with Crippen molar-refractivity contribution in [2.24, 2.45) is 0 Å². The van der Waals surface area contributed by atoms with Gasteiger partial charge >= 0.3 is 0 Å². The van der Waals surface area contributed by atoms with Gasteiger partial charge in [0, 0.05) is 24.3 Å². The van der Waals surface area contributed by atoms with Gasteiger partial charge in [0.15, 0.2) is 5.13 Å². The molecule has 1 saturated heterocycles. The van der Waals surface area contributed by atoms with E-state index in [2.05, 4.69) is 16.3 Å². The van der Waals surface area contributed by atoms with Crippen LogP contribution in [0.3, 0.4) is 0 Å². The smallest absolute Gasteiger partial charge is 0.255 e. The summed E-state index contributed by atoms with van der Waals surface area (Å²) in [6.07, 6.45) is 3.40. The molecule has 0 spiro atoms. The van der Waals surface area contributed by atoms with Crippen LogP contribution in [0.5, 0.6) is 0 Å². The summed E-state index contributed by atoms with van der Waals surface area (Å²) < 4.78 is 6.50. The predicted molar refractivity (Wildman–Crippen MR) is 109 cm³/mol. The van der Waals surface area contributed by atoms with Gasteiger partial charge in [0.05, 0.1) is 23.4 Å². The standard InChI is InChI=1S/C21H21N3O2S/c25-20(16-5-4-14-2-1-3-15(14)12-16)22-17-6-7-18-19(13-17)27-21(23-18)24-8-10-26-11-9-24/h4-7,12-13H,1-3,8-11H2,(H,22,25). The number of hydrogen-bond acceptors (Lipinski definition) is 5. The SMILES string of the molecule is O=C(Nc1ccc2nc(N3CCOCC3)sc2c1)c1ccc2c(c1)CCC2. The molecular weight excluding hydrogens is 358 g/mol. The average molecular weight is 379 g/mol. The Morgan fingerprint density at radius 3 is 2.81 bits per heavy atom. The highest BCUT2D eigenvalue weighted by atomic mass is 32.1. The number of carbonyl (C=O) groups is 1. The van der Waals surface area contributed by atoms with E-state index in [1.165, 1.54) is 17.5 Å². The summed E-state index contributed by atoms with van der Waals surface area (Å²) in [5.41, 5.74) is 5.21. The zero-order valence-electron chi connectivity index (χ0n) is 15.0. The highest BCUT2D eigenvalue weighted by Gasteiger charge is 2.17. The van der Waals surface area contributed by atoms with Gasteiger partial charge in [-0.1, -0.05) is 17.4 Å². The summed E-state index contributed by atoms with van der Waals surface area (Å²) in [7, 11) is 0. The highest BCUT2D eigenvalue weighted by molar-refractivity contribution is 7.22. The second-order valence-corrected chi connectivity index (χ2v) is 8.08. The Kier molecular flexibility index (Phi) is 4.30. The number of amides is 1. The summed E-state index contributed by atoms with van der Waals surface area (Å²) in [6, 6.07) is 12.0. The number of aromatic nitrogens is 1. The summed E-state index contributed by atoms with van der Waals surface area (Å²) in [5, 5.41) is 4.06. The first-order chi connectivity index (χ1) is 13.3. The van der Waals surface area contributed by atoms with E-state index in [1.807, 2.05) is 30.3 Å². The largest absolute Gasteiger partial charge is 0.378 e. The molecule has 1 aromatic heterocycles. The lowest BCUT2D eigenvalue weighted by Gasteiger charge is -2.25. The molecule has 0 bridgehead atoms. The Morgan fingerprint density at radius 1 is 1.07 bits per heavy atom. The van der Waals surface area contributed by atoms with Crippen LogP contribution in [0.25, 0.3) is 10.2 Å². The number of thiazole rings is 1. The van der Waals surface area contributed by atoms with Crippen LogP contribution in [0.1, 0.15) is 27.9 Å². The van der Waals surface area contributed by atoms with Crippen molar-refractivity contribution in [3.05, 3.63) is 53.1 Å². The molecule has 0 radical (unpaired) electrons. The van der Waals surface area contributed by atoms with Crippen molar-refractivity contribution >= 4 is 38.3 Å².